The van der Waals surface area contributed by atoms with Gasteiger partial charge in [0.1, 0.15) is 0 Å². The van der Waals surface area contributed by atoms with Gasteiger partial charge in [0.05, 0.1) is 13.0 Å². The highest BCUT2D eigenvalue weighted by Crippen LogP contribution is 2.24. The summed E-state index contributed by atoms with van der Waals surface area (Å²) in [7, 11) is 0. The Morgan fingerprint density at radius 3 is 2.84 bits per heavy atom. The zero-order valence-corrected chi connectivity index (χ0v) is 10.7. The molecule has 2 heterocycles. The largest absolute Gasteiger partial charge is 0.326 e. The van der Waals surface area contributed by atoms with E-state index in [0.717, 1.165) is 37.4 Å². The summed E-state index contributed by atoms with van der Waals surface area (Å²) >= 11 is 0. The molecule has 0 bridgehead atoms. The molecule has 0 atom stereocenters. The number of Topliss-reactive ketones (excluding diaryl/α,β-unsaturated/α-hetero) is 1. The molecule has 0 spiro atoms. The summed E-state index contributed by atoms with van der Waals surface area (Å²) in [5, 5.41) is 6.04. The van der Waals surface area contributed by atoms with Gasteiger partial charge in [0.15, 0.2) is 5.78 Å². The number of hydrogen-bond acceptors (Lipinski definition) is 4. The first-order chi connectivity index (χ1) is 9.22. The van der Waals surface area contributed by atoms with Crippen LogP contribution in [0, 0.1) is 0 Å². The molecule has 100 valence electrons. The van der Waals surface area contributed by atoms with E-state index >= 15 is 0 Å². The third-order valence-electron chi connectivity index (χ3n) is 3.63. The van der Waals surface area contributed by atoms with Crippen LogP contribution in [0.5, 0.6) is 0 Å². The van der Waals surface area contributed by atoms with Gasteiger partial charge in [0.25, 0.3) is 0 Å². The van der Waals surface area contributed by atoms with E-state index in [1.54, 1.807) is 6.07 Å². The molecular weight excluding hydrogens is 242 g/mol. The molecule has 0 radical (unpaired) electrons. The number of ketones is 1. The molecule has 0 unspecified atom stereocenters. The van der Waals surface area contributed by atoms with Crippen molar-refractivity contribution >= 4 is 17.4 Å². The summed E-state index contributed by atoms with van der Waals surface area (Å²) < 4.78 is 0. The van der Waals surface area contributed by atoms with E-state index in [2.05, 4.69) is 15.5 Å². The maximum Gasteiger partial charge on any atom is 0.228 e. The maximum absolute atomic E-state index is 12.2. The Bertz CT molecular complexity index is 521. The number of rotatable bonds is 3. The van der Waals surface area contributed by atoms with Crippen molar-refractivity contribution in [1.29, 1.82) is 0 Å². The lowest BCUT2D eigenvalue weighted by atomic mass is 10.0. The van der Waals surface area contributed by atoms with Crippen molar-refractivity contribution in [3.05, 3.63) is 29.3 Å². The number of carbonyl (C=O) groups excluding carboxylic acids is 2. The first kappa shape index (κ1) is 12.3. The van der Waals surface area contributed by atoms with Gasteiger partial charge in [-0.2, -0.15) is 0 Å². The van der Waals surface area contributed by atoms with E-state index in [0.29, 0.717) is 18.5 Å². The quantitative estimate of drug-likeness (QED) is 0.765. The molecule has 0 saturated carbocycles. The number of nitrogens with zero attached hydrogens (tertiary/aromatic N) is 1. The van der Waals surface area contributed by atoms with Gasteiger partial charge in [-0.3, -0.25) is 14.5 Å². The van der Waals surface area contributed by atoms with Crippen molar-refractivity contribution in [1.82, 2.24) is 10.2 Å². The molecule has 1 amide bonds. The fraction of sp³-hybridized carbons (Fsp3) is 0.429. The molecule has 0 aliphatic carbocycles. The van der Waals surface area contributed by atoms with Gasteiger partial charge in [0, 0.05) is 37.4 Å². The first-order valence-electron chi connectivity index (χ1n) is 6.61. The number of piperazine rings is 1. The molecule has 5 nitrogen and oxygen atoms in total. The zero-order valence-electron chi connectivity index (χ0n) is 10.7. The summed E-state index contributed by atoms with van der Waals surface area (Å²) in [5.74, 6) is 0.130. The topological polar surface area (TPSA) is 61.4 Å². The highest BCUT2D eigenvalue weighted by atomic mass is 16.1. The van der Waals surface area contributed by atoms with Crippen LogP contribution in [-0.4, -0.2) is 49.3 Å². The minimum Gasteiger partial charge on any atom is -0.326 e. The third-order valence-corrected chi connectivity index (χ3v) is 3.63. The van der Waals surface area contributed by atoms with Crippen molar-refractivity contribution in [2.45, 2.75) is 6.42 Å². The second kappa shape index (κ2) is 5.11. The van der Waals surface area contributed by atoms with Crippen LogP contribution in [0.3, 0.4) is 0 Å². The summed E-state index contributed by atoms with van der Waals surface area (Å²) in [6, 6.07) is 5.47. The number of fused-ring (bicyclic) bond motifs is 1. The predicted octanol–water partition coefficient (Wildman–Crippen LogP) is 0.269. The van der Waals surface area contributed by atoms with E-state index in [9.17, 15) is 9.59 Å². The monoisotopic (exact) mass is 259 g/mol. The second-order valence-electron chi connectivity index (χ2n) is 5.05. The van der Waals surface area contributed by atoms with E-state index in [-0.39, 0.29) is 11.7 Å². The van der Waals surface area contributed by atoms with Gasteiger partial charge < -0.3 is 10.6 Å². The van der Waals surface area contributed by atoms with E-state index < -0.39 is 0 Å². The molecule has 1 aromatic rings. The molecule has 19 heavy (non-hydrogen) atoms. The Labute approximate surface area is 112 Å². The Kier molecular flexibility index (Phi) is 3.31. The highest BCUT2D eigenvalue weighted by molar-refractivity contribution is 6.02. The SMILES string of the molecule is O=C1Cc2cc(C(=O)CN3CCNCC3)ccc2N1. The molecule has 5 heteroatoms. The van der Waals surface area contributed by atoms with Crippen LogP contribution in [-0.2, 0) is 11.2 Å². The van der Waals surface area contributed by atoms with Crippen LogP contribution in [0.2, 0.25) is 0 Å². The minimum atomic E-state index is 0.00158. The van der Waals surface area contributed by atoms with Crippen molar-refractivity contribution in [3.8, 4) is 0 Å². The Morgan fingerprint density at radius 2 is 2.05 bits per heavy atom. The second-order valence-corrected chi connectivity index (χ2v) is 5.05. The number of amides is 1. The van der Waals surface area contributed by atoms with E-state index in [1.807, 2.05) is 12.1 Å². The van der Waals surface area contributed by atoms with Crippen LogP contribution in [0.4, 0.5) is 5.69 Å². The predicted molar refractivity (Wildman–Crippen MR) is 72.4 cm³/mol. The molecule has 1 saturated heterocycles. The van der Waals surface area contributed by atoms with Crippen LogP contribution in [0.15, 0.2) is 18.2 Å². The fourth-order valence-electron chi connectivity index (χ4n) is 2.57. The first-order valence-corrected chi connectivity index (χ1v) is 6.61. The molecule has 1 fully saturated rings. The molecular formula is C14H17N3O2. The number of nitrogens with one attached hydrogen (secondary N) is 2. The Hall–Kier alpha value is -1.72. The van der Waals surface area contributed by atoms with Gasteiger partial charge in [0.2, 0.25) is 5.91 Å². The van der Waals surface area contributed by atoms with E-state index in [1.165, 1.54) is 0 Å². The minimum absolute atomic E-state index is 0.00158. The number of benzene rings is 1. The van der Waals surface area contributed by atoms with Crippen molar-refractivity contribution in [2.75, 3.05) is 38.0 Å². The van der Waals surface area contributed by atoms with Crippen molar-refractivity contribution < 1.29 is 9.59 Å². The molecule has 0 aromatic heterocycles. The van der Waals surface area contributed by atoms with Crippen LogP contribution < -0.4 is 10.6 Å². The Balaban J connectivity index is 1.70. The van der Waals surface area contributed by atoms with Gasteiger partial charge in [-0.05, 0) is 23.8 Å². The molecule has 2 aliphatic heterocycles. The summed E-state index contributed by atoms with van der Waals surface area (Å²) in [5.41, 5.74) is 2.47. The number of anilines is 1. The third kappa shape index (κ3) is 2.67. The molecule has 3 rings (SSSR count). The van der Waals surface area contributed by atoms with Crippen molar-refractivity contribution in [2.24, 2.45) is 0 Å². The molecule has 2 aliphatic rings. The lowest BCUT2D eigenvalue weighted by Crippen LogP contribution is -2.45. The van der Waals surface area contributed by atoms with E-state index in [4.69, 9.17) is 0 Å². The molecule has 1 aromatic carbocycles. The summed E-state index contributed by atoms with van der Waals surface area (Å²) in [6.07, 6.45) is 0.379. The maximum atomic E-state index is 12.2. The van der Waals surface area contributed by atoms with Crippen LogP contribution in [0.25, 0.3) is 0 Å². The average Bonchev–Trinajstić information content (AvgIpc) is 2.78. The van der Waals surface area contributed by atoms with Gasteiger partial charge in [-0.25, -0.2) is 0 Å². The zero-order chi connectivity index (χ0) is 13.2. The Morgan fingerprint density at radius 1 is 1.26 bits per heavy atom. The van der Waals surface area contributed by atoms with Crippen LogP contribution >= 0.6 is 0 Å². The summed E-state index contributed by atoms with van der Waals surface area (Å²) in [4.78, 5) is 25.7. The average molecular weight is 259 g/mol. The number of carbonyl (C=O) groups is 2. The lowest BCUT2D eigenvalue weighted by molar-refractivity contribution is -0.115. The number of hydrogen-bond donors (Lipinski definition) is 2. The lowest BCUT2D eigenvalue weighted by Gasteiger charge is -2.26. The standard InChI is InChI=1S/C14H17N3O2/c18-13(9-17-5-3-15-4-6-17)10-1-2-12-11(7-10)8-14(19)16-12/h1-2,7,15H,3-6,8-9H2,(H,16,19). The molecule has 2 N–H and O–H groups in total. The van der Waals surface area contributed by atoms with Gasteiger partial charge in [-0.1, -0.05) is 0 Å². The van der Waals surface area contributed by atoms with Gasteiger partial charge >= 0.3 is 0 Å². The fourth-order valence-corrected chi connectivity index (χ4v) is 2.57. The highest BCUT2D eigenvalue weighted by Gasteiger charge is 2.20. The van der Waals surface area contributed by atoms with Crippen molar-refractivity contribution in [3.63, 3.8) is 0 Å². The van der Waals surface area contributed by atoms with Crippen LogP contribution in [0.1, 0.15) is 15.9 Å². The normalized spacial score (nSPS) is 19.1. The van der Waals surface area contributed by atoms with Gasteiger partial charge in [-0.15, -0.1) is 0 Å². The smallest absolute Gasteiger partial charge is 0.228 e. The summed E-state index contributed by atoms with van der Waals surface area (Å²) in [6.45, 7) is 4.17.